The number of carbonyl (C=O) groups is 2. The first-order chi connectivity index (χ1) is 8.05. The van der Waals surface area contributed by atoms with Gasteiger partial charge >= 0.3 is 12.0 Å². The molecule has 0 radical (unpaired) electrons. The van der Waals surface area contributed by atoms with Crippen LogP contribution in [0, 0.1) is 11.3 Å². The van der Waals surface area contributed by atoms with Crippen molar-refractivity contribution in [1.82, 2.24) is 10.6 Å². The van der Waals surface area contributed by atoms with Crippen LogP contribution in [-0.2, 0) is 4.79 Å². The van der Waals surface area contributed by atoms with Gasteiger partial charge in [-0.15, -0.1) is 0 Å². The van der Waals surface area contributed by atoms with Crippen LogP contribution in [0.25, 0.3) is 0 Å². The maximum absolute atomic E-state index is 11.6. The van der Waals surface area contributed by atoms with E-state index >= 15 is 0 Å². The summed E-state index contributed by atoms with van der Waals surface area (Å²) < 4.78 is 0. The highest BCUT2D eigenvalue weighted by Crippen LogP contribution is 2.23. The first kappa shape index (κ1) is 16.5. The van der Waals surface area contributed by atoms with E-state index in [-0.39, 0.29) is 11.3 Å². The zero-order valence-corrected chi connectivity index (χ0v) is 12.0. The Morgan fingerprint density at radius 1 is 1.22 bits per heavy atom. The highest BCUT2D eigenvalue weighted by molar-refractivity contribution is 5.83. The molecule has 3 N–H and O–H groups in total. The minimum Gasteiger partial charge on any atom is -0.480 e. The van der Waals surface area contributed by atoms with Gasteiger partial charge < -0.3 is 15.7 Å². The first-order valence-corrected chi connectivity index (χ1v) is 6.02. The minimum absolute atomic E-state index is 0.0302. The summed E-state index contributed by atoms with van der Waals surface area (Å²) in [6.45, 7) is 11.5. The first-order valence-electron chi connectivity index (χ1n) is 6.02. The molecule has 0 saturated carbocycles. The van der Waals surface area contributed by atoms with Gasteiger partial charge in [0.25, 0.3) is 0 Å². The average Bonchev–Trinajstić information content (AvgIpc) is 2.19. The SMILES string of the molecule is C/C(=C\NC(=O)NC(C(=O)O)C(C)C)C(C)(C)C. The van der Waals surface area contributed by atoms with E-state index in [2.05, 4.69) is 10.6 Å². The third-order valence-electron chi connectivity index (χ3n) is 2.82. The highest BCUT2D eigenvalue weighted by Gasteiger charge is 2.23. The monoisotopic (exact) mass is 256 g/mol. The quantitative estimate of drug-likeness (QED) is 0.722. The number of allylic oxidation sites excluding steroid dienone is 1. The van der Waals surface area contributed by atoms with Crippen molar-refractivity contribution in [2.45, 2.75) is 47.6 Å². The number of carboxylic acid groups (broad SMARTS) is 1. The normalized spacial score (nSPS) is 14.3. The van der Waals surface area contributed by atoms with Crippen LogP contribution in [0.4, 0.5) is 4.79 Å². The maximum Gasteiger partial charge on any atom is 0.326 e. The second-order valence-electron chi connectivity index (χ2n) is 5.76. The predicted octanol–water partition coefficient (Wildman–Crippen LogP) is 2.34. The van der Waals surface area contributed by atoms with Gasteiger partial charge in [-0.2, -0.15) is 0 Å². The number of hydrogen-bond acceptors (Lipinski definition) is 2. The number of carboxylic acids is 1. The number of hydrogen-bond donors (Lipinski definition) is 3. The Morgan fingerprint density at radius 2 is 1.72 bits per heavy atom. The van der Waals surface area contributed by atoms with E-state index in [4.69, 9.17) is 5.11 Å². The van der Waals surface area contributed by atoms with Gasteiger partial charge in [0, 0.05) is 6.20 Å². The third kappa shape index (κ3) is 5.70. The van der Waals surface area contributed by atoms with E-state index in [0.717, 1.165) is 5.57 Å². The molecule has 0 aliphatic carbocycles. The fourth-order valence-corrected chi connectivity index (χ4v) is 1.09. The highest BCUT2D eigenvalue weighted by atomic mass is 16.4. The summed E-state index contributed by atoms with van der Waals surface area (Å²) in [5.41, 5.74) is 0.978. The lowest BCUT2D eigenvalue weighted by molar-refractivity contribution is -0.140. The van der Waals surface area contributed by atoms with Crippen molar-refractivity contribution in [2.24, 2.45) is 11.3 Å². The molecular weight excluding hydrogens is 232 g/mol. The molecule has 2 amide bonds. The molecule has 0 aromatic heterocycles. The Bertz CT molecular complexity index is 341. The Kier molecular flexibility index (Phi) is 5.88. The van der Waals surface area contributed by atoms with Crippen LogP contribution in [0.3, 0.4) is 0 Å². The number of aliphatic carboxylic acids is 1. The van der Waals surface area contributed by atoms with Gasteiger partial charge in [-0.05, 0) is 18.3 Å². The molecule has 0 aromatic carbocycles. The zero-order chi connectivity index (χ0) is 14.5. The topological polar surface area (TPSA) is 78.4 Å². The van der Waals surface area contributed by atoms with Crippen LogP contribution >= 0.6 is 0 Å². The summed E-state index contributed by atoms with van der Waals surface area (Å²) in [5, 5.41) is 13.9. The molecule has 0 bridgehead atoms. The molecule has 0 heterocycles. The van der Waals surface area contributed by atoms with Crippen molar-refractivity contribution in [3.05, 3.63) is 11.8 Å². The van der Waals surface area contributed by atoms with Gasteiger partial charge in [0.15, 0.2) is 0 Å². The Labute approximate surface area is 109 Å². The Hall–Kier alpha value is -1.52. The lowest BCUT2D eigenvalue weighted by Gasteiger charge is -2.20. The van der Waals surface area contributed by atoms with E-state index in [0.29, 0.717) is 0 Å². The zero-order valence-electron chi connectivity index (χ0n) is 12.0. The molecule has 5 nitrogen and oxygen atoms in total. The fourth-order valence-electron chi connectivity index (χ4n) is 1.09. The molecule has 1 atom stereocenters. The van der Waals surface area contributed by atoms with Gasteiger partial charge in [0.1, 0.15) is 6.04 Å². The largest absolute Gasteiger partial charge is 0.480 e. The summed E-state index contributed by atoms with van der Waals surface area (Å²) >= 11 is 0. The van der Waals surface area contributed by atoms with E-state index in [9.17, 15) is 9.59 Å². The molecule has 1 unspecified atom stereocenters. The van der Waals surface area contributed by atoms with Crippen LogP contribution < -0.4 is 10.6 Å². The van der Waals surface area contributed by atoms with Crippen LogP contribution in [0.15, 0.2) is 11.8 Å². The number of nitrogens with one attached hydrogen (secondary N) is 2. The molecule has 0 saturated heterocycles. The molecule has 0 fully saturated rings. The van der Waals surface area contributed by atoms with Gasteiger partial charge in [-0.25, -0.2) is 9.59 Å². The summed E-state index contributed by atoms with van der Waals surface area (Å²) in [4.78, 5) is 22.5. The maximum atomic E-state index is 11.6. The fraction of sp³-hybridized carbons (Fsp3) is 0.692. The molecule has 0 aromatic rings. The van der Waals surface area contributed by atoms with E-state index in [1.165, 1.54) is 0 Å². The number of amides is 2. The van der Waals surface area contributed by atoms with Crippen LogP contribution in [0.5, 0.6) is 0 Å². The number of urea groups is 1. The average molecular weight is 256 g/mol. The molecule has 0 aliphatic heterocycles. The number of carbonyl (C=O) groups excluding carboxylic acids is 1. The van der Waals surface area contributed by atoms with Crippen molar-refractivity contribution >= 4 is 12.0 Å². The predicted molar refractivity (Wildman–Crippen MR) is 71.1 cm³/mol. The third-order valence-corrected chi connectivity index (χ3v) is 2.82. The smallest absolute Gasteiger partial charge is 0.326 e. The van der Waals surface area contributed by atoms with Crippen LogP contribution in [0.2, 0.25) is 0 Å². The Morgan fingerprint density at radius 3 is 2.06 bits per heavy atom. The lowest BCUT2D eigenvalue weighted by Crippen LogP contribution is -2.47. The summed E-state index contributed by atoms with van der Waals surface area (Å²) in [5.74, 6) is -1.20. The molecular formula is C13H24N2O3. The van der Waals surface area contributed by atoms with Gasteiger partial charge in [-0.3, -0.25) is 0 Å². The molecule has 104 valence electrons. The van der Waals surface area contributed by atoms with Crippen molar-refractivity contribution < 1.29 is 14.7 Å². The van der Waals surface area contributed by atoms with Gasteiger partial charge in [-0.1, -0.05) is 40.2 Å². The second kappa shape index (κ2) is 6.42. The minimum atomic E-state index is -1.03. The summed E-state index contributed by atoms with van der Waals surface area (Å²) in [6.07, 6.45) is 1.61. The molecule has 5 heteroatoms. The number of rotatable bonds is 4. The van der Waals surface area contributed by atoms with Crippen LogP contribution in [0.1, 0.15) is 41.5 Å². The lowest BCUT2D eigenvalue weighted by atomic mass is 9.88. The summed E-state index contributed by atoms with van der Waals surface area (Å²) in [6, 6.07) is -1.38. The van der Waals surface area contributed by atoms with E-state index in [1.807, 2.05) is 27.7 Å². The summed E-state index contributed by atoms with van der Waals surface area (Å²) in [7, 11) is 0. The molecule has 0 rings (SSSR count). The van der Waals surface area contributed by atoms with E-state index < -0.39 is 18.0 Å². The standard InChI is InChI=1S/C13H24N2O3/c1-8(2)10(11(16)17)15-12(18)14-7-9(3)13(4,5)6/h7-8,10H,1-6H3,(H,16,17)(H2,14,15,18)/b9-7+. The van der Waals surface area contributed by atoms with Gasteiger partial charge in [0.05, 0.1) is 0 Å². The molecule has 0 spiro atoms. The Balaban J connectivity index is 4.49. The van der Waals surface area contributed by atoms with E-state index in [1.54, 1.807) is 20.0 Å². The van der Waals surface area contributed by atoms with Crippen molar-refractivity contribution in [3.63, 3.8) is 0 Å². The van der Waals surface area contributed by atoms with Crippen molar-refractivity contribution in [3.8, 4) is 0 Å². The molecule has 0 aliphatic rings. The van der Waals surface area contributed by atoms with Gasteiger partial charge in [0.2, 0.25) is 0 Å². The van der Waals surface area contributed by atoms with Crippen molar-refractivity contribution in [2.75, 3.05) is 0 Å². The molecule has 18 heavy (non-hydrogen) atoms. The van der Waals surface area contributed by atoms with Crippen LogP contribution in [-0.4, -0.2) is 23.1 Å². The van der Waals surface area contributed by atoms with Crippen molar-refractivity contribution in [1.29, 1.82) is 0 Å². The second-order valence-corrected chi connectivity index (χ2v) is 5.76.